The van der Waals surface area contributed by atoms with Crippen molar-refractivity contribution in [3.8, 4) is 0 Å². The van der Waals surface area contributed by atoms with Crippen LogP contribution in [0.1, 0.15) is 127 Å². The smallest absolute Gasteiger partial charge is 0.326 e. The molecule has 186 valence electrons. The molecule has 0 spiro atoms. The van der Waals surface area contributed by atoms with Crippen molar-refractivity contribution in [3.63, 3.8) is 0 Å². The second-order valence-electron chi connectivity index (χ2n) is 9.70. The normalized spacial score (nSPS) is 19.8. The van der Waals surface area contributed by atoms with Crippen LogP contribution in [0.5, 0.6) is 0 Å². The van der Waals surface area contributed by atoms with E-state index in [9.17, 15) is 8.42 Å². The lowest BCUT2D eigenvalue weighted by Crippen LogP contribution is -2.42. The molecule has 0 amide bonds. The second kappa shape index (κ2) is 14.7. The van der Waals surface area contributed by atoms with E-state index in [0.717, 1.165) is 36.6 Å². The Kier molecular flexibility index (Phi) is 12.8. The highest BCUT2D eigenvalue weighted by molar-refractivity contribution is 8.73. The van der Waals surface area contributed by atoms with Gasteiger partial charge in [0, 0.05) is 35.1 Å². The van der Waals surface area contributed by atoms with Crippen molar-refractivity contribution in [1.29, 1.82) is 0 Å². The number of aromatic nitrogens is 1. The maximum atomic E-state index is 11.7. The van der Waals surface area contributed by atoms with E-state index in [2.05, 4.69) is 37.5 Å². The molecule has 4 nitrogen and oxygen atoms in total. The van der Waals surface area contributed by atoms with Gasteiger partial charge in [-0.2, -0.15) is 8.42 Å². The molecule has 0 bridgehead atoms. The number of aryl methyl sites for hydroxylation is 2. The topological polar surface area (TPSA) is 48.3 Å². The van der Waals surface area contributed by atoms with E-state index in [1.807, 2.05) is 0 Å². The largest absolute Gasteiger partial charge is 0.349 e. The Labute approximate surface area is 201 Å². The van der Waals surface area contributed by atoms with Crippen molar-refractivity contribution >= 4 is 19.9 Å². The molecule has 1 saturated heterocycles. The lowest BCUT2D eigenvalue weighted by Gasteiger charge is -2.39. The predicted molar refractivity (Wildman–Crippen MR) is 138 cm³/mol. The van der Waals surface area contributed by atoms with Gasteiger partial charge in [0.2, 0.25) is 0 Å². The van der Waals surface area contributed by atoms with Gasteiger partial charge < -0.3 is 4.57 Å². The molecule has 1 unspecified atom stereocenters. The molecule has 0 saturated carbocycles. The molecule has 0 aromatic carbocycles. The van der Waals surface area contributed by atoms with Gasteiger partial charge in [-0.15, -0.1) is 0 Å². The summed E-state index contributed by atoms with van der Waals surface area (Å²) >= 11 is 0. The third kappa shape index (κ3) is 10.2. The van der Waals surface area contributed by atoms with Crippen molar-refractivity contribution in [2.45, 2.75) is 141 Å². The van der Waals surface area contributed by atoms with Crippen LogP contribution >= 0.6 is 10.8 Å². The highest BCUT2D eigenvalue weighted by Crippen LogP contribution is 2.51. The molecule has 1 aliphatic rings. The molecular formula is C26H47NO3S2. The highest BCUT2D eigenvalue weighted by atomic mass is 33.2. The molecule has 1 atom stereocenters. The minimum absolute atomic E-state index is 0.543. The fourth-order valence-electron chi connectivity index (χ4n) is 4.77. The Morgan fingerprint density at radius 1 is 0.750 bits per heavy atom. The Balaban J connectivity index is 1.49. The van der Waals surface area contributed by atoms with Gasteiger partial charge in [-0.3, -0.25) is 0 Å². The van der Waals surface area contributed by atoms with Crippen LogP contribution in [0.25, 0.3) is 0 Å². The van der Waals surface area contributed by atoms with Gasteiger partial charge in [-0.1, -0.05) is 96.8 Å². The zero-order valence-corrected chi connectivity index (χ0v) is 22.5. The Hall–Kier alpha value is -0.460. The molecule has 2 rings (SSSR count). The predicted octanol–water partition coefficient (Wildman–Crippen LogP) is 8.46. The molecule has 0 radical (unpaired) electrons. The average Bonchev–Trinajstić information content (AvgIpc) is 3.05. The van der Waals surface area contributed by atoms with E-state index in [-0.39, 0.29) is 0 Å². The summed E-state index contributed by atoms with van der Waals surface area (Å²) in [4.78, 5) is -0.543. The van der Waals surface area contributed by atoms with Crippen molar-refractivity contribution in [3.05, 3.63) is 23.5 Å². The van der Waals surface area contributed by atoms with Crippen LogP contribution < -0.4 is 0 Å². The summed E-state index contributed by atoms with van der Waals surface area (Å²) in [6.07, 6.45) is 21.7. The molecule has 1 aromatic rings. The van der Waals surface area contributed by atoms with Crippen molar-refractivity contribution in [2.24, 2.45) is 0 Å². The average molecular weight is 486 g/mol. The van der Waals surface area contributed by atoms with Crippen LogP contribution in [-0.2, 0) is 19.9 Å². The van der Waals surface area contributed by atoms with Crippen molar-refractivity contribution in [1.82, 2.24) is 4.57 Å². The number of rotatable bonds is 19. The SMILES string of the molecule is CCCCCCCCCCCCCCCCCC1(CCn2c(C)ccc2C)OS(=O)(=O)S1. The summed E-state index contributed by atoms with van der Waals surface area (Å²) in [5.41, 5.74) is 2.44. The standard InChI is InChI=1S/C26H47NO3S2/c1-4-5-6-7-8-9-10-11-12-13-14-15-16-17-18-21-26(30-32(28,29)31-26)22-23-27-24(2)19-20-25(27)3/h19-20H,4-18,21-23H2,1-3H3. The van der Waals surface area contributed by atoms with Crippen LogP contribution in [0.15, 0.2) is 12.1 Å². The van der Waals surface area contributed by atoms with E-state index in [1.165, 1.54) is 101 Å². The summed E-state index contributed by atoms with van der Waals surface area (Å²) in [6.45, 7) is 7.28. The maximum Gasteiger partial charge on any atom is 0.326 e. The van der Waals surface area contributed by atoms with E-state index in [4.69, 9.17) is 4.18 Å². The Morgan fingerprint density at radius 3 is 1.56 bits per heavy atom. The monoisotopic (exact) mass is 485 g/mol. The summed E-state index contributed by atoms with van der Waals surface area (Å²) in [5.74, 6) is 0. The third-order valence-electron chi connectivity index (χ3n) is 6.80. The molecule has 1 aromatic heterocycles. The molecular weight excluding hydrogens is 438 g/mol. The van der Waals surface area contributed by atoms with Crippen molar-refractivity contribution < 1.29 is 12.6 Å². The van der Waals surface area contributed by atoms with Crippen LogP contribution in [0.3, 0.4) is 0 Å². The zero-order valence-electron chi connectivity index (χ0n) is 20.9. The van der Waals surface area contributed by atoms with Gasteiger partial charge >= 0.3 is 9.15 Å². The minimum Gasteiger partial charge on any atom is -0.349 e. The number of unbranched alkanes of at least 4 members (excludes halogenated alkanes) is 14. The van der Waals surface area contributed by atoms with E-state index < -0.39 is 14.1 Å². The van der Waals surface area contributed by atoms with Crippen LogP contribution in [-0.4, -0.2) is 17.9 Å². The lowest BCUT2D eigenvalue weighted by atomic mass is 10.0. The van der Waals surface area contributed by atoms with E-state index >= 15 is 0 Å². The van der Waals surface area contributed by atoms with Crippen molar-refractivity contribution in [2.75, 3.05) is 0 Å². The fourth-order valence-corrected chi connectivity index (χ4v) is 8.29. The molecule has 0 N–H and O–H groups in total. The van der Waals surface area contributed by atoms with Gasteiger partial charge in [0.15, 0.2) is 4.93 Å². The van der Waals surface area contributed by atoms with Crippen LogP contribution in [0.4, 0.5) is 0 Å². The molecule has 0 aliphatic carbocycles. The lowest BCUT2D eigenvalue weighted by molar-refractivity contribution is 0.133. The number of nitrogens with zero attached hydrogens (tertiary/aromatic N) is 1. The number of hydrogen-bond acceptors (Lipinski definition) is 4. The van der Waals surface area contributed by atoms with Gasteiger partial charge in [0.1, 0.15) is 0 Å². The van der Waals surface area contributed by atoms with Gasteiger partial charge in [0.25, 0.3) is 0 Å². The summed E-state index contributed by atoms with van der Waals surface area (Å²) in [5, 5.41) is 0. The molecule has 1 fully saturated rings. The summed E-state index contributed by atoms with van der Waals surface area (Å²) < 4.78 is 31.1. The minimum atomic E-state index is -3.36. The van der Waals surface area contributed by atoms with Crippen LogP contribution in [0, 0.1) is 13.8 Å². The Morgan fingerprint density at radius 2 is 1.16 bits per heavy atom. The highest BCUT2D eigenvalue weighted by Gasteiger charge is 2.50. The summed E-state index contributed by atoms with van der Waals surface area (Å²) in [7, 11) is -2.33. The first kappa shape index (κ1) is 27.8. The summed E-state index contributed by atoms with van der Waals surface area (Å²) in [6, 6.07) is 4.23. The first-order chi connectivity index (χ1) is 15.4. The van der Waals surface area contributed by atoms with Crippen LogP contribution in [0.2, 0.25) is 0 Å². The second-order valence-corrected chi connectivity index (χ2v) is 13.3. The molecule has 6 heteroatoms. The Bertz CT molecular complexity index is 711. The molecule has 1 aliphatic heterocycles. The maximum absolute atomic E-state index is 11.7. The zero-order chi connectivity index (χ0) is 23.3. The first-order valence-electron chi connectivity index (χ1n) is 13.2. The van der Waals surface area contributed by atoms with Gasteiger partial charge in [-0.25, -0.2) is 4.18 Å². The fraction of sp³-hybridized carbons (Fsp3) is 0.846. The third-order valence-corrected chi connectivity index (χ3v) is 10.2. The van der Waals surface area contributed by atoms with Gasteiger partial charge in [-0.05, 0) is 38.8 Å². The number of hydrogen-bond donors (Lipinski definition) is 0. The quantitative estimate of drug-likeness (QED) is 0.146. The van der Waals surface area contributed by atoms with Gasteiger partial charge in [0.05, 0.1) is 0 Å². The first-order valence-corrected chi connectivity index (χ1v) is 15.9. The molecule has 32 heavy (non-hydrogen) atoms. The molecule has 2 heterocycles. The van der Waals surface area contributed by atoms with E-state index in [0.29, 0.717) is 0 Å². The van der Waals surface area contributed by atoms with E-state index in [1.54, 1.807) is 0 Å².